The predicted molar refractivity (Wildman–Crippen MR) is 102 cm³/mol. The quantitative estimate of drug-likeness (QED) is 0.687. The van der Waals surface area contributed by atoms with Gasteiger partial charge < -0.3 is 10.1 Å². The van der Waals surface area contributed by atoms with E-state index < -0.39 is 0 Å². The van der Waals surface area contributed by atoms with Crippen LogP contribution >= 0.6 is 11.6 Å². The zero-order valence-electron chi connectivity index (χ0n) is 14.6. The van der Waals surface area contributed by atoms with Crippen molar-refractivity contribution < 1.29 is 9.53 Å². The van der Waals surface area contributed by atoms with E-state index in [1.54, 1.807) is 24.3 Å². The first-order valence-electron chi connectivity index (χ1n) is 8.82. The number of hydrogen-bond acceptors (Lipinski definition) is 5. The molecule has 1 fully saturated rings. The van der Waals surface area contributed by atoms with Gasteiger partial charge in [-0.1, -0.05) is 35.9 Å². The highest BCUT2D eigenvalue weighted by Gasteiger charge is 2.16. The van der Waals surface area contributed by atoms with E-state index in [1.165, 1.54) is 11.0 Å². The summed E-state index contributed by atoms with van der Waals surface area (Å²) in [6.07, 6.45) is 1.85. The third-order valence-corrected chi connectivity index (χ3v) is 4.73. The van der Waals surface area contributed by atoms with E-state index in [0.717, 1.165) is 29.9 Å². The Kier molecular flexibility index (Phi) is 5.29. The fraction of sp³-hybridized carbons (Fsp3) is 0.250. The van der Waals surface area contributed by atoms with Crippen LogP contribution in [0.5, 0.6) is 0 Å². The number of nitrogens with zero attached hydrogens (tertiary/aromatic N) is 3. The summed E-state index contributed by atoms with van der Waals surface area (Å²) in [5.74, 6) is -0.0708. The van der Waals surface area contributed by atoms with Crippen molar-refractivity contribution in [3.63, 3.8) is 0 Å². The van der Waals surface area contributed by atoms with E-state index in [9.17, 15) is 4.79 Å². The maximum atomic E-state index is 12.5. The van der Waals surface area contributed by atoms with Crippen LogP contribution in [0.1, 0.15) is 27.7 Å². The van der Waals surface area contributed by atoms with Gasteiger partial charge in [-0.3, -0.25) is 4.79 Å². The Balaban J connectivity index is 1.42. The summed E-state index contributed by atoms with van der Waals surface area (Å²) < 4.78 is 5.75. The van der Waals surface area contributed by atoms with Crippen molar-refractivity contribution in [3.05, 3.63) is 76.6 Å². The van der Waals surface area contributed by atoms with Crippen LogP contribution in [0.4, 0.5) is 0 Å². The summed E-state index contributed by atoms with van der Waals surface area (Å²) in [5, 5.41) is 12.4. The molecule has 2 heterocycles. The van der Waals surface area contributed by atoms with Crippen LogP contribution in [-0.4, -0.2) is 40.5 Å². The molecular formula is C20H19ClN4O2. The van der Waals surface area contributed by atoms with E-state index in [1.807, 2.05) is 24.3 Å². The molecule has 1 aliphatic rings. The van der Waals surface area contributed by atoms with Crippen LogP contribution in [0.15, 0.2) is 54.7 Å². The molecule has 3 aromatic rings. The molecule has 0 bridgehead atoms. The van der Waals surface area contributed by atoms with Crippen molar-refractivity contribution in [3.8, 4) is 5.69 Å². The Morgan fingerprint density at radius 2 is 1.96 bits per heavy atom. The molecule has 1 atom stereocenters. The number of benzene rings is 2. The molecule has 1 aliphatic heterocycles. The van der Waals surface area contributed by atoms with Gasteiger partial charge in [0.05, 0.1) is 24.6 Å². The number of ketones is 1. The Hall–Kier alpha value is -2.54. The predicted octanol–water partition coefficient (Wildman–Crippen LogP) is 3.01. The lowest BCUT2D eigenvalue weighted by molar-refractivity contribution is 0.0277. The lowest BCUT2D eigenvalue weighted by atomic mass is 10.0. The Labute approximate surface area is 162 Å². The zero-order chi connectivity index (χ0) is 18.6. The standard InChI is InChI=1S/C20H19ClN4O2/c21-16-5-7-17(8-6-16)25-23-12-18(24-25)19(26)11-14-1-3-15(4-2-14)20-13-22-9-10-27-20/h1-8,12,20,22H,9-11,13H2/t20-/m1/s1. The topological polar surface area (TPSA) is 69.0 Å². The smallest absolute Gasteiger partial charge is 0.189 e. The van der Waals surface area contributed by atoms with Crippen molar-refractivity contribution >= 4 is 17.4 Å². The van der Waals surface area contributed by atoms with Crippen molar-refractivity contribution in [2.24, 2.45) is 0 Å². The van der Waals surface area contributed by atoms with Crippen LogP contribution < -0.4 is 5.32 Å². The van der Waals surface area contributed by atoms with Crippen LogP contribution in [-0.2, 0) is 11.2 Å². The van der Waals surface area contributed by atoms with Gasteiger partial charge in [-0.15, -0.1) is 5.10 Å². The molecule has 1 saturated heterocycles. The molecular weight excluding hydrogens is 364 g/mol. The number of ether oxygens (including phenoxy) is 1. The van der Waals surface area contributed by atoms with Gasteiger partial charge in [0.1, 0.15) is 5.69 Å². The van der Waals surface area contributed by atoms with Crippen molar-refractivity contribution in [1.82, 2.24) is 20.3 Å². The third-order valence-electron chi connectivity index (χ3n) is 4.48. The number of carbonyl (C=O) groups is 1. The van der Waals surface area contributed by atoms with Gasteiger partial charge in [-0.05, 0) is 35.4 Å². The van der Waals surface area contributed by atoms with E-state index in [0.29, 0.717) is 17.3 Å². The number of morpholine rings is 1. The normalized spacial score (nSPS) is 17.0. The summed E-state index contributed by atoms with van der Waals surface area (Å²) >= 11 is 5.89. The van der Waals surface area contributed by atoms with Gasteiger partial charge in [0, 0.05) is 24.5 Å². The highest BCUT2D eigenvalue weighted by Crippen LogP contribution is 2.19. The van der Waals surface area contributed by atoms with Crippen molar-refractivity contribution in [2.75, 3.05) is 19.7 Å². The summed E-state index contributed by atoms with van der Waals surface area (Å²) in [4.78, 5) is 14.0. The zero-order valence-corrected chi connectivity index (χ0v) is 15.4. The van der Waals surface area contributed by atoms with Gasteiger partial charge in [0.2, 0.25) is 0 Å². The number of nitrogens with one attached hydrogen (secondary N) is 1. The summed E-state index contributed by atoms with van der Waals surface area (Å²) in [5.41, 5.74) is 3.15. The summed E-state index contributed by atoms with van der Waals surface area (Å²) in [7, 11) is 0. The molecule has 0 aliphatic carbocycles. The average Bonchev–Trinajstić information content (AvgIpc) is 3.20. The number of carbonyl (C=O) groups excluding carboxylic acids is 1. The van der Waals surface area contributed by atoms with Crippen LogP contribution in [0.3, 0.4) is 0 Å². The van der Waals surface area contributed by atoms with Gasteiger partial charge >= 0.3 is 0 Å². The fourth-order valence-electron chi connectivity index (χ4n) is 3.00. The highest BCUT2D eigenvalue weighted by molar-refractivity contribution is 6.30. The molecule has 0 spiro atoms. The first kappa shape index (κ1) is 17.9. The van der Waals surface area contributed by atoms with E-state index >= 15 is 0 Å². The SMILES string of the molecule is O=C(Cc1ccc([C@H]2CNCCO2)cc1)c1cnn(-c2ccc(Cl)cc2)n1. The average molecular weight is 383 g/mol. The first-order chi connectivity index (χ1) is 13.2. The molecule has 2 aromatic carbocycles. The fourth-order valence-corrected chi connectivity index (χ4v) is 3.12. The molecule has 4 rings (SSSR count). The number of rotatable bonds is 5. The van der Waals surface area contributed by atoms with Crippen LogP contribution in [0.25, 0.3) is 5.69 Å². The first-order valence-corrected chi connectivity index (χ1v) is 9.19. The van der Waals surface area contributed by atoms with E-state index in [2.05, 4.69) is 15.5 Å². The largest absolute Gasteiger partial charge is 0.371 e. The minimum Gasteiger partial charge on any atom is -0.371 e. The molecule has 0 unspecified atom stereocenters. The van der Waals surface area contributed by atoms with Crippen LogP contribution in [0, 0.1) is 0 Å². The second-order valence-electron chi connectivity index (χ2n) is 6.40. The molecule has 27 heavy (non-hydrogen) atoms. The van der Waals surface area contributed by atoms with Crippen molar-refractivity contribution in [1.29, 1.82) is 0 Å². The van der Waals surface area contributed by atoms with Gasteiger partial charge in [-0.25, -0.2) is 0 Å². The molecule has 1 N–H and O–H groups in total. The molecule has 138 valence electrons. The maximum absolute atomic E-state index is 12.5. The molecule has 0 amide bonds. The monoisotopic (exact) mass is 382 g/mol. The third kappa shape index (κ3) is 4.24. The molecule has 6 nitrogen and oxygen atoms in total. The van der Waals surface area contributed by atoms with E-state index in [-0.39, 0.29) is 18.3 Å². The number of halogens is 1. The van der Waals surface area contributed by atoms with Gasteiger partial charge in [-0.2, -0.15) is 9.90 Å². The van der Waals surface area contributed by atoms with Gasteiger partial charge in [0.25, 0.3) is 0 Å². The second-order valence-corrected chi connectivity index (χ2v) is 6.84. The van der Waals surface area contributed by atoms with Gasteiger partial charge in [0.15, 0.2) is 5.78 Å². The second kappa shape index (κ2) is 8.00. The lowest BCUT2D eigenvalue weighted by Crippen LogP contribution is -2.33. The molecule has 0 saturated carbocycles. The van der Waals surface area contributed by atoms with Crippen LogP contribution in [0.2, 0.25) is 5.02 Å². The Morgan fingerprint density at radius 1 is 1.19 bits per heavy atom. The lowest BCUT2D eigenvalue weighted by Gasteiger charge is -2.24. The number of Topliss-reactive ketones (excluding diaryl/α,β-unsaturated/α-hetero) is 1. The highest BCUT2D eigenvalue weighted by atomic mass is 35.5. The summed E-state index contributed by atoms with van der Waals surface area (Å²) in [6, 6.07) is 15.1. The minimum atomic E-state index is -0.0708. The molecule has 0 radical (unpaired) electrons. The minimum absolute atomic E-state index is 0.0708. The Bertz CT molecular complexity index is 916. The maximum Gasteiger partial charge on any atom is 0.189 e. The van der Waals surface area contributed by atoms with Crippen molar-refractivity contribution in [2.45, 2.75) is 12.5 Å². The molecule has 1 aromatic heterocycles. The molecule has 7 heteroatoms. The number of hydrogen-bond donors (Lipinski definition) is 1. The Morgan fingerprint density at radius 3 is 2.67 bits per heavy atom. The number of aromatic nitrogens is 3. The van der Waals surface area contributed by atoms with E-state index in [4.69, 9.17) is 16.3 Å². The summed E-state index contributed by atoms with van der Waals surface area (Å²) in [6.45, 7) is 2.42.